The predicted octanol–water partition coefficient (Wildman–Crippen LogP) is 2.68. The number of nitrogens with zero attached hydrogens (tertiary/aromatic N) is 2. The van der Waals surface area contributed by atoms with Gasteiger partial charge in [-0.05, 0) is 12.1 Å². The standard InChI is InChI=1S/C8H5Cl2N2/c1-12-4-11-7-2-5(9)6(10)3-8(7)12/h2-3H,1H3. The second-order valence-electron chi connectivity index (χ2n) is 2.53. The summed E-state index contributed by atoms with van der Waals surface area (Å²) in [7, 11) is 1.86. The van der Waals surface area contributed by atoms with Gasteiger partial charge in [0.1, 0.15) is 0 Å². The zero-order valence-electron chi connectivity index (χ0n) is 6.31. The highest BCUT2D eigenvalue weighted by Gasteiger charge is 2.04. The fourth-order valence-corrected chi connectivity index (χ4v) is 1.38. The number of imidazole rings is 1. The van der Waals surface area contributed by atoms with Gasteiger partial charge in [-0.1, -0.05) is 23.2 Å². The Kier molecular flexibility index (Phi) is 1.74. The van der Waals surface area contributed by atoms with Crippen molar-refractivity contribution in [3.05, 3.63) is 28.5 Å². The van der Waals surface area contributed by atoms with Gasteiger partial charge >= 0.3 is 0 Å². The summed E-state index contributed by atoms with van der Waals surface area (Å²) in [6, 6.07) is 3.51. The molecule has 0 atom stereocenters. The second-order valence-corrected chi connectivity index (χ2v) is 3.34. The molecule has 1 aromatic heterocycles. The Labute approximate surface area is 79.7 Å². The third-order valence-electron chi connectivity index (χ3n) is 1.70. The summed E-state index contributed by atoms with van der Waals surface area (Å²) in [6.45, 7) is 0. The van der Waals surface area contributed by atoms with Gasteiger partial charge in [-0.25, -0.2) is 4.98 Å². The van der Waals surface area contributed by atoms with Crippen LogP contribution in [-0.2, 0) is 7.05 Å². The fourth-order valence-electron chi connectivity index (χ4n) is 1.07. The number of fused-ring (bicyclic) bond motifs is 1. The van der Waals surface area contributed by atoms with Crippen LogP contribution in [0.15, 0.2) is 12.1 Å². The number of hydrogen-bond donors (Lipinski definition) is 0. The van der Waals surface area contributed by atoms with Gasteiger partial charge in [-0.3, -0.25) is 0 Å². The van der Waals surface area contributed by atoms with E-state index in [0.717, 1.165) is 11.0 Å². The maximum Gasteiger partial charge on any atom is 0.177 e. The molecular formula is C8H5Cl2N2. The Morgan fingerprint density at radius 2 is 2.00 bits per heavy atom. The first-order chi connectivity index (χ1) is 5.68. The highest BCUT2D eigenvalue weighted by atomic mass is 35.5. The molecule has 0 aliphatic carbocycles. The molecule has 1 radical (unpaired) electrons. The van der Waals surface area contributed by atoms with E-state index >= 15 is 0 Å². The van der Waals surface area contributed by atoms with Crippen LogP contribution in [0, 0.1) is 6.33 Å². The molecule has 0 aliphatic rings. The molecule has 0 N–H and O–H groups in total. The van der Waals surface area contributed by atoms with Crippen molar-refractivity contribution in [1.82, 2.24) is 9.55 Å². The van der Waals surface area contributed by atoms with Gasteiger partial charge in [-0.2, -0.15) is 0 Å². The lowest BCUT2D eigenvalue weighted by Gasteiger charge is -1.96. The van der Waals surface area contributed by atoms with Crippen molar-refractivity contribution in [3.63, 3.8) is 0 Å². The lowest BCUT2D eigenvalue weighted by atomic mass is 10.3. The third-order valence-corrected chi connectivity index (χ3v) is 2.42. The molecule has 4 heteroatoms. The van der Waals surface area contributed by atoms with Crippen molar-refractivity contribution in [2.75, 3.05) is 0 Å². The molecule has 0 spiro atoms. The number of aryl methyl sites for hydroxylation is 1. The van der Waals surface area contributed by atoms with Gasteiger partial charge in [0.25, 0.3) is 0 Å². The quantitative estimate of drug-likeness (QED) is 0.639. The minimum atomic E-state index is 0.524. The second kappa shape index (κ2) is 2.64. The molecule has 0 amide bonds. The summed E-state index contributed by atoms with van der Waals surface area (Å²) >= 11 is 11.6. The summed E-state index contributed by atoms with van der Waals surface area (Å²) in [5, 5.41) is 1.07. The SMILES string of the molecule is Cn1[c]nc2cc(Cl)c(Cl)cc21. The minimum absolute atomic E-state index is 0.524. The van der Waals surface area contributed by atoms with E-state index in [-0.39, 0.29) is 0 Å². The lowest BCUT2D eigenvalue weighted by molar-refractivity contribution is 0.936. The van der Waals surface area contributed by atoms with Gasteiger partial charge < -0.3 is 4.57 Å². The number of benzene rings is 1. The van der Waals surface area contributed by atoms with Crippen LogP contribution in [0.2, 0.25) is 10.0 Å². The van der Waals surface area contributed by atoms with E-state index in [1.165, 1.54) is 0 Å². The van der Waals surface area contributed by atoms with Crippen LogP contribution in [0.1, 0.15) is 0 Å². The first-order valence-electron chi connectivity index (χ1n) is 3.37. The molecule has 1 heterocycles. The van der Waals surface area contributed by atoms with Crippen molar-refractivity contribution in [1.29, 1.82) is 0 Å². The monoisotopic (exact) mass is 199 g/mol. The van der Waals surface area contributed by atoms with E-state index in [2.05, 4.69) is 11.3 Å². The van der Waals surface area contributed by atoms with E-state index in [9.17, 15) is 0 Å². The molecule has 2 nitrogen and oxygen atoms in total. The van der Waals surface area contributed by atoms with E-state index in [1.807, 2.05) is 7.05 Å². The highest BCUT2D eigenvalue weighted by Crippen LogP contribution is 2.26. The summed E-state index contributed by atoms with van der Waals surface area (Å²) in [5.41, 5.74) is 1.75. The van der Waals surface area contributed by atoms with E-state index in [4.69, 9.17) is 23.2 Å². The molecule has 1 aromatic carbocycles. The topological polar surface area (TPSA) is 17.8 Å². The molecule has 0 saturated carbocycles. The summed E-state index contributed by atoms with van der Waals surface area (Å²) in [6.07, 6.45) is 2.78. The van der Waals surface area contributed by atoms with E-state index in [1.54, 1.807) is 16.7 Å². The number of hydrogen-bond acceptors (Lipinski definition) is 1. The lowest BCUT2D eigenvalue weighted by Crippen LogP contribution is -1.83. The Morgan fingerprint density at radius 3 is 2.75 bits per heavy atom. The first-order valence-corrected chi connectivity index (χ1v) is 4.13. The van der Waals surface area contributed by atoms with Gasteiger partial charge in [0.2, 0.25) is 0 Å². The van der Waals surface area contributed by atoms with Crippen molar-refractivity contribution >= 4 is 34.2 Å². The third kappa shape index (κ3) is 1.08. The van der Waals surface area contributed by atoms with Crippen LogP contribution in [0.25, 0.3) is 11.0 Å². The van der Waals surface area contributed by atoms with Crippen LogP contribution in [-0.4, -0.2) is 9.55 Å². The van der Waals surface area contributed by atoms with Crippen molar-refractivity contribution in [2.24, 2.45) is 7.05 Å². The molecule has 0 aliphatic heterocycles. The van der Waals surface area contributed by atoms with Gasteiger partial charge in [-0.15, -0.1) is 0 Å². The molecular weight excluding hydrogens is 195 g/mol. The van der Waals surface area contributed by atoms with Gasteiger partial charge in [0.05, 0.1) is 21.1 Å². The Bertz CT molecular complexity index is 434. The van der Waals surface area contributed by atoms with Crippen molar-refractivity contribution in [2.45, 2.75) is 0 Å². The molecule has 0 fully saturated rings. The summed E-state index contributed by atoms with van der Waals surface area (Å²) < 4.78 is 1.78. The largest absolute Gasteiger partial charge is 0.324 e. The molecule has 0 saturated heterocycles. The van der Waals surface area contributed by atoms with Crippen molar-refractivity contribution < 1.29 is 0 Å². The zero-order valence-corrected chi connectivity index (χ0v) is 7.82. The predicted molar refractivity (Wildman–Crippen MR) is 49.6 cm³/mol. The van der Waals surface area contributed by atoms with Crippen molar-refractivity contribution in [3.8, 4) is 0 Å². The smallest absolute Gasteiger partial charge is 0.177 e. The molecule has 2 aromatic rings. The Morgan fingerprint density at radius 1 is 1.33 bits per heavy atom. The average molecular weight is 200 g/mol. The zero-order chi connectivity index (χ0) is 8.72. The number of halogens is 2. The van der Waals surface area contributed by atoms with Crippen LogP contribution in [0.3, 0.4) is 0 Å². The normalized spacial score (nSPS) is 10.9. The molecule has 0 unspecified atom stereocenters. The first kappa shape index (κ1) is 7.90. The van der Waals surface area contributed by atoms with E-state index in [0.29, 0.717) is 10.0 Å². The Balaban J connectivity index is 2.87. The van der Waals surface area contributed by atoms with Gasteiger partial charge in [0.15, 0.2) is 6.33 Å². The number of rotatable bonds is 0. The molecule has 2 rings (SSSR count). The van der Waals surface area contributed by atoms with Crippen LogP contribution >= 0.6 is 23.2 Å². The Hall–Kier alpha value is -0.730. The minimum Gasteiger partial charge on any atom is -0.324 e. The van der Waals surface area contributed by atoms with Crippen LogP contribution < -0.4 is 0 Å². The average Bonchev–Trinajstić information content (AvgIpc) is 2.35. The molecule has 12 heavy (non-hydrogen) atoms. The fraction of sp³-hybridized carbons (Fsp3) is 0.125. The van der Waals surface area contributed by atoms with E-state index < -0.39 is 0 Å². The van der Waals surface area contributed by atoms with Gasteiger partial charge in [0, 0.05) is 7.05 Å². The molecule has 61 valence electrons. The molecule has 0 bridgehead atoms. The maximum atomic E-state index is 5.83. The maximum absolute atomic E-state index is 5.83. The van der Waals surface area contributed by atoms with Crippen LogP contribution in [0.4, 0.5) is 0 Å². The van der Waals surface area contributed by atoms with Crippen LogP contribution in [0.5, 0.6) is 0 Å². The highest BCUT2D eigenvalue weighted by molar-refractivity contribution is 6.42. The number of aromatic nitrogens is 2. The summed E-state index contributed by atoms with van der Waals surface area (Å²) in [5.74, 6) is 0. The summed E-state index contributed by atoms with van der Waals surface area (Å²) in [4.78, 5) is 4.02.